The van der Waals surface area contributed by atoms with Crippen molar-refractivity contribution in [3.63, 3.8) is 0 Å². The Balaban J connectivity index is 1.54. The molecule has 0 saturated carbocycles. The van der Waals surface area contributed by atoms with Gasteiger partial charge < -0.3 is 14.9 Å². The molecule has 0 aliphatic rings. The Morgan fingerprint density at radius 2 is 1.87 bits per heavy atom. The molecule has 3 aromatic rings. The van der Waals surface area contributed by atoms with Gasteiger partial charge in [-0.25, -0.2) is 0 Å². The lowest BCUT2D eigenvalue weighted by atomic mass is 10.2. The van der Waals surface area contributed by atoms with Gasteiger partial charge in [0.25, 0.3) is 5.69 Å². The fourth-order valence-corrected chi connectivity index (χ4v) is 3.20. The van der Waals surface area contributed by atoms with Crippen molar-refractivity contribution in [2.75, 3.05) is 7.11 Å². The van der Waals surface area contributed by atoms with Gasteiger partial charge >= 0.3 is 0 Å². The summed E-state index contributed by atoms with van der Waals surface area (Å²) in [5.74, 6) is 1.49. The second kappa shape index (κ2) is 10.4. The number of nitro groups is 1. The molecule has 0 aliphatic heterocycles. The van der Waals surface area contributed by atoms with E-state index in [4.69, 9.17) is 9.47 Å². The van der Waals surface area contributed by atoms with Gasteiger partial charge in [-0.05, 0) is 63.5 Å². The Bertz CT molecular complexity index is 1040. The molecule has 0 amide bonds. The van der Waals surface area contributed by atoms with Gasteiger partial charge in [0.1, 0.15) is 18.1 Å². The lowest BCUT2D eigenvalue weighted by Crippen LogP contribution is -2.06. The van der Waals surface area contributed by atoms with Crippen molar-refractivity contribution >= 4 is 27.8 Å². The SMILES string of the molecule is COc1ccccc1CN/N=C\c1ccc(OCc2ccc([N+](=O)[O-])cc2)c(Br)c1. The number of nitro benzene ring substituents is 1. The molecule has 3 rings (SSSR count). The molecule has 7 nitrogen and oxygen atoms in total. The van der Waals surface area contributed by atoms with Gasteiger partial charge in [-0.15, -0.1) is 0 Å². The predicted octanol–water partition coefficient (Wildman–Crippen LogP) is 5.07. The number of hydrazone groups is 1. The summed E-state index contributed by atoms with van der Waals surface area (Å²) < 4.78 is 11.9. The molecular weight excluding hydrogens is 450 g/mol. The topological polar surface area (TPSA) is 86.0 Å². The van der Waals surface area contributed by atoms with Crippen LogP contribution in [0, 0.1) is 10.1 Å². The Hall–Kier alpha value is -3.39. The highest BCUT2D eigenvalue weighted by Gasteiger charge is 2.06. The quantitative estimate of drug-likeness (QED) is 0.268. The summed E-state index contributed by atoms with van der Waals surface area (Å²) in [7, 11) is 1.64. The molecule has 0 heterocycles. The number of ether oxygens (including phenoxy) is 2. The molecule has 3 aromatic carbocycles. The van der Waals surface area contributed by atoms with E-state index in [-0.39, 0.29) is 5.69 Å². The standard InChI is InChI=1S/C22H20BrN3O4/c1-29-21-5-3-2-4-18(21)14-25-24-13-17-8-11-22(20(23)12-17)30-15-16-6-9-19(10-7-16)26(27)28/h2-13,25H,14-15H2,1H3/b24-13-. The van der Waals surface area contributed by atoms with Crippen molar-refractivity contribution in [2.45, 2.75) is 13.2 Å². The van der Waals surface area contributed by atoms with E-state index in [1.165, 1.54) is 12.1 Å². The van der Waals surface area contributed by atoms with Gasteiger partial charge in [0.15, 0.2) is 0 Å². The van der Waals surface area contributed by atoms with E-state index in [1.807, 2.05) is 42.5 Å². The van der Waals surface area contributed by atoms with E-state index in [9.17, 15) is 10.1 Å². The highest BCUT2D eigenvalue weighted by molar-refractivity contribution is 9.10. The lowest BCUT2D eigenvalue weighted by Gasteiger charge is -2.09. The first kappa shape index (κ1) is 21.3. The fourth-order valence-electron chi connectivity index (χ4n) is 2.69. The summed E-state index contributed by atoms with van der Waals surface area (Å²) >= 11 is 3.50. The monoisotopic (exact) mass is 469 g/mol. The van der Waals surface area contributed by atoms with Crippen LogP contribution in [0.25, 0.3) is 0 Å². The number of para-hydroxylation sites is 1. The van der Waals surface area contributed by atoms with Crippen molar-refractivity contribution in [3.8, 4) is 11.5 Å². The minimum absolute atomic E-state index is 0.0582. The summed E-state index contributed by atoms with van der Waals surface area (Å²) in [6.07, 6.45) is 1.72. The van der Waals surface area contributed by atoms with E-state index < -0.39 is 4.92 Å². The molecule has 0 bridgehead atoms. The maximum Gasteiger partial charge on any atom is 0.269 e. The number of rotatable bonds is 9. The number of non-ortho nitro benzene ring substituents is 1. The van der Waals surface area contributed by atoms with Crippen molar-refractivity contribution < 1.29 is 14.4 Å². The van der Waals surface area contributed by atoms with Gasteiger partial charge in [-0.1, -0.05) is 18.2 Å². The van der Waals surface area contributed by atoms with Gasteiger partial charge in [0.05, 0.1) is 29.3 Å². The zero-order valence-corrected chi connectivity index (χ0v) is 17.8. The maximum absolute atomic E-state index is 10.7. The molecule has 0 fully saturated rings. The Labute approximate surface area is 182 Å². The van der Waals surface area contributed by atoms with E-state index >= 15 is 0 Å². The summed E-state index contributed by atoms with van der Waals surface area (Å²) in [4.78, 5) is 10.3. The Morgan fingerprint density at radius 3 is 2.57 bits per heavy atom. The van der Waals surface area contributed by atoms with Crippen LogP contribution in [0.3, 0.4) is 0 Å². The minimum atomic E-state index is -0.424. The molecule has 154 valence electrons. The van der Waals surface area contributed by atoms with Crippen LogP contribution in [-0.4, -0.2) is 18.2 Å². The molecule has 0 aromatic heterocycles. The largest absolute Gasteiger partial charge is 0.496 e. The van der Waals surface area contributed by atoms with Crippen molar-refractivity contribution in [1.82, 2.24) is 5.43 Å². The first-order valence-electron chi connectivity index (χ1n) is 9.10. The number of methoxy groups -OCH3 is 1. The number of hydrogen-bond acceptors (Lipinski definition) is 6. The van der Waals surface area contributed by atoms with Gasteiger partial charge in [-0.2, -0.15) is 5.10 Å². The highest BCUT2D eigenvalue weighted by Crippen LogP contribution is 2.26. The first-order chi connectivity index (χ1) is 14.6. The van der Waals surface area contributed by atoms with Crippen molar-refractivity contribution in [2.24, 2.45) is 5.10 Å². The molecule has 0 atom stereocenters. The molecule has 0 radical (unpaired) electrons. The van der Waals surface area contributed by atoms with E-state index in [0.29, 0.717) is 18.9 Å². The van der Waals surface area contributed by atoms with Crippen LogP contribution in [0.1, 0.15) is 16.7 Å². The molecule has 30 heavy (non-hydrogen) atoms. The van der Waals surface area contributed by atoms with Gasteiger partial charge in [0, 0.05) is 17.7 Å². The third-order valence-corrected chi connectivity index (χ3v) is 4.88. The van der Waals surface area contributed by atoms with Crippen LogP contribution >= 0.6 is 15.9 Å². The number of halogens is 1. The van der Waals surface area contributed by atoms with Crippen molar-refractivity contribution in [1.29, 1.82) is 0 Å². The molecule has 0 spiro atoms. The molecule has 8 heteroatoms. The van der Waals surface area contributed by atoms with Crippen LogP contribution in [0.5, 0.6) is 11.5 Å². The highest BCUT2D eigenvalue weighted by atomic mass is 79.9. The summed E-state index contributed by atoms with van der Waals surface area (Å²) in [5.41, 5.74) is 5.84. The predicted molar refractivity (Wildman–Crippen MR) is 119 cm³/mol. The third-order valence-electron chi connectivity index (χ3n) is 4.26. The average Bonchev–Trinajstić information content (AvgIpc) is 2.76. The van der Waals surface area contributed by atoms with Gasteiger partial charge in [-0.3, -0.25) is 10.1 Å². The second-order valence-electron chi connectivity index (χ2n) is 6.31. The van der Waals surface area contributed by atoms with Crippen molar-refractivity contribution in [3.05, 3.63) is 98.0 Å². The number of benzene rings is 3. The van der Waals surface area contributed by atoms with E-state index in [0.717, 1.165) is 26.9 Å². The van der Waals surface area contributed by atoms with Crippen LogP contribution in [-0.2, 0) is 13.2 Å². The molecular formula is C22H20BrN3O4. The summed E-state index contributed by atoms with van der Waals surface area (Å²) in [6, 6.07) is 19.7. The summed E-state index contributed by atoms with van der Waals surface area (Å²) in [5, 5.41) is 15.0. The number of nitrogens with zero attached hydrogens (tertiary/aromatic N) is 2. The molecule has 0 unspecified atom stereocenters. The molecule has 0 aliphatic carbocycles. The fraction of sp³-hybridized carbons (Fsp3) is 0.136. The third kappa shape index (κ3) is 5.81. The normalized spacial score (nSPS) is 10.7. The smallest absolute Gasteiger partial charge is 0.269 e. The lowest BCUT2D eigenvalue weighted by molar-refractivity contribution is -0.384. The first-order valence-corrected chi connectivity index (χ1v) is 9.89. The Morgan fingerprint density at radius 1 is 1.10 bits per heavy atom. The van der Waals surface area contributed by atoms with Crippen LogP contribution < -0.4 is 14.9 Å². The average molecular weight is 470 g/mol. The number of hydrogen-bond donors (Lipinski definition) is 1. The zero-order valence-electron chi connectivity index (χ0n) is 16.2. The minimum Gasteiger partial charge on any atom is -0.496 e. The van der Waals surface area contributed by atoms with Gasteiger partial charge in [0.2, 0.25) is 0 Å². The van der Waals surface area contributed by atoms with E-state index in [1.54, 1.807) is 25.5 Å². The van der Waals surface area contributed by atoms with Crippen LogP contribution in [0.15, 0.2) is 76.3 Å². The Kier molecular flexibility index (Phi) is 7.40. The zero-order chi connectivity index (χ0) is 21.3. The second-order valence-corrected chi connectivity index (χ2v) is 7.16. The van der Waals surface area contributed by atoms with Crippen LogP contribution in [0.2, 0.25) is 0 Å². The summed E-state index contributed by atoms with van der Waals surface area (Å²) in [6.45, 7) is 0.864. The molecule has 0 saturated heterocycles. The number of nitrogens with one attached hydrogen (secondary N) is 1. The molecule has 1 N–H and O–H groups in total. The van der Waals surface area contributed by atoms with E-state index in [2.05, 4.69) is 26.5 Å². The maximum atomic E-state index is 10.7. The van der Waals surface area contributed by atoms with Crippen LogP contribution in [0.4, 0.5) is 5.69 Å².